The maximum Gasteiger partial charge on any atom is 0.184 e. The van der Waals surface area contributed by atoms with Gasteiger partial charge in [-0.05, 0) is 18.6 Å². The van der Waals surface area contributed by atoms with Crippen molar-refractivity contribution in [2.75, 3.05) is 25.7 Å². The number of methoxy groups -OCH3 is 2. The van der Waals surface area contributed by atoms with Gasteiger partial charge < -0.3 is 9.47 Å². The van der Waals surface area contributed by atoms with Crippen molar-refractivity contribution in [1.82, 2.24) is 0 Å². The Balaban J connectivity index is 2.36. The molecule has 1 fully saturated rings. The minimum Gasteiger partial charge on any atom is -0.496 e. The highest BCUT2D eigenvalue weighted by molar-refractivity contribution is 8.07. The first-order valence-corrected chi connectivity index (χ1v) is 8.81. The smallest absolute Gasteiger partial charge is 0.184 e. The molecule has 1 aliphatic rings. The molecule has 0 aliphatic carbocycles. The average molecular weight is 312 g/mol. The molecule has 0 aromatic heterocycles. The Morgan fingerprint density at radius 3 is 2.35 bits per heavy atom. The van der Waals surface area contributed by atoms with E-state index in [2.05, 4.69) is 6.92 Å². The largest absolute Gasteiger partial charge is 0.496 e. The Labute approximate surface area is 128 Å². The normalized spacial score (nSPS) is 22.4. The van der Waals surface area contributed by atoms with Gasteiger partial charge in [0.2, 0.25) is 0 Å². The van der Waals surface area contributed by atoms with E-state index in [1.54, 1.807) is 26.0 Å². The van der Waals surface area contributed by atoms with Crippen LogP contribution in [0.5, 0.6) is 11.5 Å². The predicted octanol–water partition coefficient (Wildman–Crippen LogP) is 3.51. The number of carbonyl (C=O) groups is 1. The highest BCUT2D eigenvalue weighted by atomic mass is 32.2. The molecule has 2 rings (SSSR count). The molecule has 0 saturated carbocycles. The zero-order chi connectivity index (χ0) is 14.5. The third-order valence-electron chi connectivity index (χ3n) is 3.39. The number of ketones is 1. The van der Waals surface area contributed by atoms with Crippen molar-refractivity contribution < 1.29 is 14.3 Å². The number of Topliss-reactive ketones (excluding diaryl/α,β-unsaturated/α-hetero) is 1. The molecule has 2 atom stereocenters. The third-order valence-corrected chi connectivity index (χ3v) is 6.63. The minimum atomic E-state index is -0.0102. The summed E-state index contributed by atoms with van der Waals surface area (Å²) in [6.07, 6.45) is 1.01. The van der Waals surface area contributed by atoms with Gasteiger partial charge in [-0.3, -0.25) is 4.79 Å². The molecule has 0 amide bonds. The van der Waals surface area contributed by atoms with E-state index in [1.165, 1.54) is 0 Å². The molecule has 1 saturated heterocycles. The molecule has 1 heterocycles. The summed E-state index contributed by atoms with van der Waals surface area (Å²) in [5.41, 5.74) is 0.580. The van der Waals surface area contributed by atoms with Gasteiger partial charge in [0.1, 0.15) is 17.1 Å². The lowest BCUT2D eigenvalue weighted by atomic mass is 10.0. The van der Waals surface area contributed by atoms with Gasteiger partial charge in [0.05, 0.1) is 19.5 Å². The number of benzene rings is 1. The lowest BCUT2D eigenvalue weighted by Crippen LogP contribution is -2.33. The second kappa shape index (κ2) is 7.27. The molecule has 0 bridgehead atoms. The standard InChI is InChI=1S/C15H20O3S2/c1-4-12-15(20-9-8-19-12)14(16)13-10(17-2)6-5-7-11(13)18-3/h5-7,12,15H,4,8-9H2,1-3H3. The number of rotatable bonds is 5. The summed E-state index contributed by atoms with van der Waals surface area (Å²) in [6, 6.07) is 5.48. The van der Waals surface area contributed by atoms with Crippen LogP contribution >= 0.6 is 23.5 Å². The highest BCUT2D eigenvalue weighted by Crippen LogP contribution is 2.39. The Hall–Kier alpha value is -0.810. The summed E-state index contributed by atoms with van der Waals surface area (Å²) in [4.78, 5) is 12.9. The van der Waals surface area contributed by atoms with Gasteiger partial charge in [0.25, 0.3) is 0 Å². The van der Waals surface area contributed by atoms with E-state index in [1.807, 2.05) is 30.0 Å². The van der Waals surface area contributed by atoms with E-state index >= 15 is 0 Å². The first kappa shape index (κ1) is 15.6. The van der Waals surface area contributed by atoms with Crippen molar-refractivity contribution in [3.05, 3.63) is 23.8 Å². The van der Waals surface area contributed by atoms with Gasteiger partial charge in [-0.25, -0.2) is 0 Å². The summed E-state index contributed by atoms with van der Waals surface area (Å²) in [5, 5.41) is 0.361. The second-order valence-corrected chi connectivity index (χ2v) is 7.11. The number of ether oxygens (including phenoxy) is 2. The van der Waals surface area contributed by atoms with Gasteiger partial charge in [-0.2, -0.15) is 11.8 Å². The highest BCUT2D eigenvalue weighted by Gasteiger charge is 2.34. The molecular weight excluding hydrogens is 292 g/mol. The molecule has 1 aromatic carbocycles. The molecular formula is C15H20O3S2. The van der Waals surface area contributed by atoms with Crippen LogP contribution in [0.1, 0.15) is 23.7 Å². The Bertz CT molecular complexity index is 454. The van der Waals surface area contributed by atoms with Crippen LogP contribution in [0.25, 0.3) is 0 Å². The van der Waals surface area contributed by atoms with E-state index < -0.39 is 0 Å². The quantitative estimate of drug-likeness (QED) is 0.777. The minimum absolute atomic E-state index is 0.0102. The lowest BCUT2D eigenvalue weighted by Gasteiger charge is -2.29. The van der Waals surface area contributed by atoms with E-state index in [0.717, 1.165) is 17.9 Å². The Morgan fingerprint density at radius 2 is 1.80 bits per heavy atom. The van der Waals surface area contributed by atoms with E-state index in [0.29, 0.717) is 22.3 Å². The number of hydrogen-bond donors (Lipinski definition) is 0. The maximum absolute atomic E-state index is 12.9. The molecule has 0 spiro atoms. The first-order valence-electron chi connectivity index (χ1n) is 6.71. The Kier molecular flexibility index (Phi) is 5.66. The van der Waals surface area contributed by atoms with Gasteiger partial charge in [0.15, 0.2) is 5.78 Å². The van der Waals surface area contributed by atoms with Crippen LogP contribution in [0.4, 0.5) is 0 Å². The molecule has 110 valence electrons. The van der Waals surface area contributed by atoms with Crippen molar-refractivity contribution in [2.24, 2.45) is 0 Å². The zero-order valence-corrected chi connectivity index (χ0v) is 13.7. The molecule has 20 heavy (non-hydrogen) atoms. The van der Waals surface area contributed by atoms with Crippen LogP contribution < -0.4 is 9.47 Å². The number of carbonyl (C=O) groups excluding carboxylic acids is 1. The van der Waals surface area contributed by atoms with Crippen LogP contribution in [-0.2, 0) is 0 Å². The van der Waals surface area contributed by atoms with Gasteiger partial charge in [-0.15, -0.1) is 11.8 Å². The van der Waals surface area contributed by atoms with Crippen molar-refractivity contribution in [2.45, 2.75) is 23.8 Å². The fourth-order valence-corrected chi connectivity index (χ4v) is 5.39. The van der Waals surface area contributed by atoms with Crippen molar-refractivity contribution in [3.8, 4) is 11.5 Å². The monoisotopic (exact) mass is 312 g/mol. The zero-order valence-electron chi connectivity index (χ0n) is 12.0. The van der Waals surface area contributed by atoms with Gasteiger partial charge in [0, 0.05) is 16.8 Å². The van der Waals surface area contributed by atoms with Crippen LogP contribution in [0.2, 0.25) is 0 Å². The van der Waals surface area contributed by atoms with Crippen LogP contribution in [0.15, 0.2) is 18.2 Å². The summed E-state index contributed by atoms with van der Waals surface area (Å²) in [7, 11) is 3.18. The molecule has 1 aromatic rings. The van der Waals surface area contributed by atoms with Crippen LogP contribution in [0.3, 0.4) is 0 Å². The predicted molar refractivity (Wildman–Crippen MR) is 86.7 cm³/mol. The third kappa shape index (κ3) is 3.09. The SMILES string of the molecule is CCC1SCCSC1C(=O)c1c(OC)cccc1OC. The number of thioether (sulfide) groups is 2. The number of hydrogen-bond acceptors (Lipinski definition) is 5. The van der Waals surface area contributed by atoms with E-state index in [9.17, 15) is 4.79 Å². The fourth-order valence-electron chi connectivity index (χ4n) is 2.38. The summed E-state index contributed by atoms with van der Waals surface area (Å²) < 4.78 is 10.7. The molecule has 1 aliphatic heterocycles. The van der Waals surface area contributed by atoms with E-state index in [-0.39, 0.29) is 11.0 Å². The van der Waals surface area contributed by atoms with Gasteiger partial charge >= 0.3 is 0 Å². The van der Waals surface area contributed by atoms with Crippen LogP contribution in [0, 0.1) is 0 Å². The summed E-state index contributed by atoms with van der Waals surface area (Å²) in [5.74, 6) is 3.47. The lowest BCUT2D eigenvalue weighted by molar-refractivity contribution is 0.0982. The van der Waals surface area contributed by atoms with Crippen molar-refractivity contribution in [1.29, 1.82) is 0 Å². The van der Waals surface area contributed by atoms with Crippen molar-refractivity contribution >= 4 is 29.3 Å². The van der Waals surface area contributed by atoms with Crippen molar-refractivity contribution in [3.63, 3.8) is 0 Å². The fraction of sp³-hybridized carbons (Fsp3) is 0.533. The molecule has 0 radical (unpaired) electrons. The average Bonchev–Trinajstić information content (AvgIpc) is 2.53. The Morgan fingerprint density at radius 1 is 1.20 bits per heavy atom. The maximum atomic E-state index is 12.9. The van der Waals surface area contributed by atoms with E-state index in [4.69, 9.17) is 9.47 Å². The summed E-state index contributed by atoms with van der Waals surface area (Å²) >= 11 is 3.65. The van der Waals surface area contributed by atoms with Crippen LogP contribution in [-0.4, -0.2) is 42.0 Å². The summed E-state index contributed by atoms with van der Waals surface area (Å²) in [6.45, 7) is 2.14. The van der Waals surface area contributed by atoms with Gasteiger partial charge in [-0.1, -0.05) is 13.0 Å². The molecule has 3 nitrogen and oxygen atoms in total. The topological polar surface area (TPSA) is 35.5 Å². The molecule has 0 N–H and O–H groups in total. The second-order valence-electron chi connectivity index (χ2n) is 4.51. The molecule has 5 heteroatoms. The first-order chi connectivity index (χ1) is 9.72. The molecule has 2 unspecified atom stereocenters.